The van der Waals surface area contributed by atoms with Crippen LogP contribution < -0.4 is 4.90 Å². The van der Waals surface area contributed by atoms with E-state index in [0.717, 1.165) is 4.90 Å². The number of aromatic carboxylic acids is 1. The molecule has 0 aliphatic carbocycles. The minimum atomic E-state index is -3.83. The van der Waals surface area contributed by atoms with Crippen LogP contribution in [0.25, 0.3) is 0 Å². The molecule has 0 aromatic heterocycles. The largest absolute Gasteiger partial charge is 0.478 e. The molecule has 2 aliphatic heterocycles. The standard InChI is InChI=1S/C21H20FN3O6S/c22-16-3-1-2-4-17(16)25-19(26)13-18(20(25)27)23-9-11-24(12-10-23)32(30,31)15-7-5-14(6-8-15)21(28)29/h1-8,18H,9-13H2,(H,28,29)/t18-/m1/s1. The lowest BCUT2D eigenvalue weighted by Gasteiger charge is -2.36. The Morgan fingerprint density at radius 3 is 2.19 bits per heavy atom. The van der Waals surface area contributed by atoms with Gasteiger partial charge in [-0.15, -0.1) is 0 Å². The summed E-state index contributed by atoms with van der Waals surface area (Å²) in [5.74, 6) is -2.85. The van der Waals surface area contributed by atoms with E-state index in [1.54, 1.807) is 11.0 Å². The van der Waals surface area contributed by atoms with Gasteiger partial charge in [-0.25, -0.2) is 22.5 Å². The van der Waals surface area contributed by atoms with Crippen LogP contribution in [-0.4, -0.2) is 72.7 Å². The highest BCUT2D eigenvalue weighted by molar-refractivity contribution is 7.89. The van der Waals surface area contributed by atoms with E-state index < -0.39 is 39.7 Å². The van der Waals surface area contributed by atoms with Crippen LogP contribution >= 0.6 is 0 Å². The number of carboxylic acids is 1. The van der Waals surface area contributed by atoms with Crippen molar-refractivity contribution in [3.8, 4) is 0 Å². The Hall–Kier alpha value is -3.15. The van der Waals surface area contributed by atoms with E-state index in [0.29, 0.717) is 0 Å². The number of sulfonamides is 1. The van der Waals surface area contributed by atoms with Crippen LogP contribution in [0.15, 0.2) is 53.4 Å². The first kappa shape index (κ1) is 22.1. The molecule has 2 heterocycles. The summed E-state index contributed by atoms with van der Waals surface area (Å²) in [6.45, 7) is 0.643. The Balaban J connectivity index is 1.44. The van der Waals surface area contributed by atoms with Crippen LogP contribution in [0.2, 0.25) is 0 Å². The first-order valence-corrected chi connectivity index (χ1v) is 11.3. The molecule has 2 aromatic carbocycles. The van der Waals surface area contributed by atoms with Gasteiger partial charge in [0.05, 0.1) is 28.6 Å². The van der Waals surface area contributed by atoms with Gasteiger partial charge in [0.2, 0.25) is 15.9 Å². The summed E-state index contributed by atoms with van der Waals surface area (Å²) in [5, 5.41) is 8.97. The van der Waals surface area contributed by atoms with Crippen molar-refractivity contribution in [3.63, 3.8) is 0 Å². The molecular formula is C21H20FN3O6S. The Kier molecular flexibility index (Phi) is 5.80. The molecule has 0 saturated carbocycles. The highest BCUT2D eigenvalue weighted by atomic mass is 32.2. The van der Waals surface area contributed by atoms with Gasteiger partial charge >= 0.3 is 5.97 Å². The lowest BCUT2D eigenvalue weighted by Crippen LogP contribution is -2.53. The number of piperazine rings is 1. The summed E-state index contributed by atoms with van der Waals surface area (Å²) in [7, 11) is -3.83. The molecule has 0 unspecified atom stereocenters. The number of carboxylic acid groups (broad SMARTS) is 1. The zero-order valence-corrected chi connectivity index (χ0v) is 17.7. The molecule has 168 valence electrons. The summed E-state index contributed by atoms with van der Waals surface area (Å²) in [4.78, 5) is 38.8. The molecule has 2 fully saturated rings. The normalized spacial score (nSPS) is 20.7. The summed E-state index contributed by atoms with van der Waals surface area (Å²) in [6.07, 6.45) is -0.101. The van der Waals surface area contributed by atoms with Crippen LogP contribution in [0, 0.1) is 5.82 Å². The quantitative estimate of drug-likeness (QED) is 0.665. The number of benzene rings is 2. The van der Waals surface area contributed by atoms with Crippen LogP contribution in [0.5, 0.6) is 0 Å². The fourth-order valence-electron chi connectivity index (χ4n) is 3.96. The molecule has 9 nitrogen and oxygen atoms in total. The number of nitrogens with zero attached hydrogens (tertiary/aromatic N) is 3. The number of halogens is 1. The van der Waals surface area contributed by atoms with E-state index in [4.69, 9.17) is 5.11 Å². The number of imide groups is 1. The number of anilines is 1. The minimum absolute atomic E-state index is 0.0161. The second kappa shape index (κ2) is 8.41. The van der Waals surface area contributed by atoms with Crippen LogP contribution in [-0.2, 0) is 19.6 Å². The van der Waals surface area contributed by atoms with Gasteiger partial charge in [-0.1, -0.05) is 12.1 Å². The molecular weight excluding hydrogens is 441 g/mol. The SMILES string of the molecule is O=C(O)c1ccc(S(=O)(=O)N2CCN([C@@H]3CC(=O)N(c4ccccc4F)C3=O)CC2)cc1. The van der Waals surface area contributed by atoms with Crippen LogP contribution in [0.4, 0.5) is 10.1 Å². The third-order valence-corrected chi connectivity index (χ3v) is 7.58. The molecule has 0 bridgehead atoms. The van der Waals surface area contributed by atoms with Gasteiger partial charge in [-0.2, -0.15) is 4.31 Å². The predicted molar refractivity (Wildman–Crippen MR) is 111 cm³/mol. The first-order valence-electron chi connectivity index (χ1n) is 9.89. The third-order valence-electron chi connectivity index (χ3n) is 5.67. The molecule has 1 N–H and O–H groups in total. The van der Waals surface area contributed by atoms with E-state index in [1.165, 1.54) is 46.8 Å². The van der Waals surface area contributed by atoms with Crippen molar-refractivity contribution in [2.75, 3.05) is 31.1 Å². The van der Waals surface area contributed by atoms with Crippen LogP contribution in [0.3, 0.4) is 0 Å². The molecule has 2 aromatic rings. The number of hydrogen-bond donors (Lipinski definition) is 1. The molecule has 0 spiro atoms. The highest BCUT2D eigenvalue weighted by Gasteiger charge is 2.44. The van der Waals surface area contributed by atoms with E-state index in [1.807, 2.05) is 0 Å². The third kappa shape index (κ3) is 3.90. The summed E-state index contributed by atoms with van der Waals surface area (Å²) < 4.78 is 41.1. The molecule has 2 saturated heterocycles. The Labute approximate surface area is 183 Å². The molecule has 32 heavy (non-hydrogen) atoms. The van der Waals surface area contributed by atoms with Crippen molar-refractivity contribution in [3.05, 3.63) is 59.9 Å². The maximum Gasteiger partial charge on any atom is 0.335 e. The maximum absolute atomic E-state index is 14.1. The van der Waals surface area contributed by atoms with E-state index >= 15 is 0 Å². The summed E-state index contributed by atoms with van der Waals surface area (Å²) in [5.41, 5.74) is -0.103. The topological polar surface area (TPSA) is 115 Å². The van der Waals surface area contributed by atoms with Gasteiger partial charge in [-0.05, 0) is 36.4 Å². The fourth-order valence-corrected chi connectivity index (χ4v) is 5.38. The fraction of sp³-hybridized carbons (Fsp3) is 0.286. The van der Waals surface area contributed by atoms with Crippen molar-refractivity contribution < 1.29 is 32.3 Å². The second-order valence-electron chi connectivity index (χ2n) is 7.51. The molecule has 2 aliphatic rings. The summed E-state index contributed by atoms with van der Waals surface area (Å²) in [6, 6.07) is 9.73. The second-order valence-corrected chi connectivity index (χ2v) is 9.45. The Morgan fingerprint density at radius 2 is 1.59 bits per heavy atom. The number of carbonyl (C=O) groups is 3. The van der Waals surface area contributed by atoms with Crippen LogP contribution in [0.1, 0.15) is 16.8 Å². The maximum atomic E-state index is 14.1. The van der Waals surface area contributed by atoms with E-state index in [-0.39, 0.29) is 48.7 Å². The number of rotatable bonds is 5. The number of para-hydroxylation sites is 1. The predicted octanol–water partition coefficient (Wildman–Crippen LogP) is 1.16. The van der Waals surface area contributed by atoms with Crippen molar-refractivity contribution in [1.29, 1.82) is 0 Å². The highest BCUT2D eigenvalue weighted by Crippen LogP contribution is 2.29. The van der Waals surface area contributed by atoms with Crippen molar-refractivity contribution in [2.45, 2.75) is 17.4 Å². The number of carbonyl (C=O) groups excluding carboxylic acids is 2. The van der Waals surface area contributed by atoms with Gasteiger partial charge in [0.15, 0.2) is 0 Å². The Morgan fingerprint density at radius 1 is 0.969 bits per heavy atom. The molecule has 11 heteroatoms. The molecule has 4 rings (SSSR count). The Bertz CT molecular complexity index is 1180. The molecule has 2 amide bonds. The monoisotopic (exact) mass is 461 g/mol. The zero-order valence-electron chi connectivity index (χ0n) is 16.8. The average Bonchev–Trinajstić information content (AvgIpc) is 3.08. The summed E-state index contributed by atoms with van der Waals surface area (Å²) >= 11 is 0. The number of hydrogen-bond acceptors (Lipinski definition) is 6. The van der Waals surface area contributed by atoms with Gasteiger partial charge in [0.25, 0.3) is 5.91 Å². The average molecular weight is 461 g/mol. The minimum Gasteiger partial charge on any atom is -0.478 e. The lowest BCUT2D eigenvalue weighted by molar-refractivity contribution is -0.123. The first-order chi connectivity index (χ1) is 15.2. The van der Waals surface area contributed by atoms with Gasteiger partial charge in [-0.3, -0.25) is 14.5 Å². The van der Waals surface area contributed by atoms with Gasteiger partial charge < -0.3 is 5.11 Å². The van der Waals surface area contributed by atoms with Crippen molar-refractivity contribution >= 4 is 33.5 Å². The van der Waals surface area contributed by atoms with Gasteiger partial charge in [0.1, 0.15) is 5.82 Å². The van der Waals surface area contributed by atoms with E-state index in [9.17, 15) is 27.2 Å². The molecule has 1 atom stereocenters. The lowest BCUT2D eigenvalue weighted by atomic mass is 10.2. The molecule has 0 radical (unpaired) electrons. The number of amides is 2. The van der Waals surface area contributed by atoms with Crippen molar-refractivity contribution in [1.82, 2.24) is 9.21 Å². The zero-order chi connectivity index (χ0) is 23.0. The van der Waals surface area contributed by atoms with E-state index in [2.05, 4.69) is 0 Å². The van der Waals surface area contributed by atoms with Crippen molar-refractivity contribution in [2.24, 2.45) is 0 Å². The smallest absolute Gasteiger partial charge is 0.335 e. The van der Waals surface area contributed by atoms with Gasteiger partial charge in [0, 0.05) is 26.2 Å².